The lowest BCUT2D eigenvalue weighted by Crippen LogP contribution is -2.23. The Morgan fingerprint density at radius 1 is 1.09 bits per heavy atom. The summed E-state index contributed by atoms with van der Waals surface area (Å²) in [7, 11) is -2.85. The standard InChI is InChI=1S/C18H20FNO2S/c19-18-10-16(15-4-2-1-3-5-15)6-7-17(18)12-20-11-14-8-9-23(21,22)13-14/h1-7,10,14,20H,8-9,11-13H2/t14-/m1/s1. The molecule has 5 heteroatoms. The molecule has 3 rings (SSSR count). The lowest BCUT2D eigenvalue weighted by atomic mass is 10.0. The van der Waals surface area contributed by atoms with E-state index in [4.69, 9.17) is 0 Å². The average Bonchev–Trinajstić information content (AvgIpc) is 2.89. The first-order chi connectivity index (χ1) is 11.0. The summed E-state index contributed by atoms with van der Waals surface area (Å²) in [5.74, 6) is 0.430. The first-order valence-electron chi connectivity index (χ1n) is 7.78. The van der Waals surface area contributed by atoms with Gasteiger partial charge in [-0.25, -0.2) is 12.8 Å². The fourth-order valence-electron chi connectivity index (χ4n) is 2.94. The Kier molecular flexibility index (Phi) is 4.78. The molecule has 1 saturated heterocycles. The number of sulfone groups is 1. The number of rotatable bonds is 5. The summed E-state index contributed by atoms with van der Waals surface area (Å²) in [6, 6.07) is 14.9. The zero-order chi connectivity index (χ0) is 16.3. The lowest BCUT2D eigenvalue weighted by Gasteiger charge is -2.11. The first-order valence-corrected chi connectivity index (χ1v) is 9.61. The van der Waals surface area contributed by atoms with Gasteiger partial charge in [0.25, 0.3) is 0 Å². The van der Waals surface area contributed by atoms with E-state index in [1.54, 1.807) is 12.1 Å². The molecule has 1 aliphatic heterocycles. The Hall–Kier alpha value is -1.72. The summed E-state index contributed by atoms with van der Waals surface area (Å²) in [5, 5.41) is 3.18. The van der Waals surface area contributed by atoms with Crippen LogP contribution in [-0.4, -0.2) is 26.5 Å². The van der Waals surface area contributed by atoms with Gasteiger partial charge in [-0.15, -0.1) is 0 Å². The summed E-state index contributed by atoms with van der Waals surface area (Å²) in [4.78, 5) is 0. The second-order valence-electron chi connectivity index (χ2n) is 6.07. The first kappa shape index (κ1) is 16.1. The van der Waals surface area contributed by atoms with E-state index in [1.165, 1.54) is 0 Å². The van der Waals surface area contributed by atoms with Gasteiger partial charge < -0.3 is 5.32 Å². The van der Waals surface area contributed by atoms with Crippen LogP contribution in [0.15, 0.2) is 48.5 Å². The van der Waals surface area contributed by atoms with Crippen LogP contribution in [0, 0.1) is 11.7 Å². The summed E-state index contributed by atoms with van der Waals surface area (Å²) < 4.78 is 37.0. The van der Waals surface area contributed by atoms with Crippen molar-refractivity contribution in [3.8, 4) is 11.1 Å². The summed E-state index contributed by atoms with van der Waals surface area (Å²) in [6.45, 7) is 1.02. The van der Waals surface area contributed by atoms with Crippen LogP contribution in [0.2, 0.25) is 0 Å². The molecule has 122 valence electrons. The largest absolute Gasteiger partial charge is 0.312 e. The number of benzene rings is 2. The van der Waals surface area contributed by atoms with Gasteiger partial charge in [-0.3, -0.25) is 0 Å². The molecule has 0 radical (unpaired) electrons. The van der Waals surface area contributed by atoms with Crippen molar-refractivity contribution in [3.63, 3.8) is 0 Å². The minimum atomic E-state index is -2.85. The van der Waals surface area contributed by atoms with E-state index in [-0.39, 0.29) is 23.2 Å². The fourth-order valence-corrected chi connectivity index (χ4v) is 4.81. The number of hydrogen-bond acceptors (Lipinski definition) is 3. The summed E-state index contributed by atoms with van der Waals surface area (Å²) in [6.07, 6.45) is 0.699. The van der Waals surface area contributed by atoms with E-state index < -0.39 is 9.84 Å². The van der Waals surface area contributed by atoms with Gasteiger partial charge in [-0.1, -0.05) is 42.5 Å². The van der Waals surface area contributed by atoms with Crippen LogP contribution in [0.3, 0.4) is 0 Å². The molecule has 1 aliphatic rings. The van der Waals surface area contributed by atoms with Gasteiger partial charge in [0, 0.05) is 12.1 Å². The van der Waals surface area contributed by atoms with Crippen molar-refractivity contribution in [2.24, 2.45) is 5.92 Å². The third kappa shape index (κ3) is 4.18. The monoisotopic (exact) mass is 333 g/mol. The van der Waals surface area contributed by atoms with Crippen molar-refractivity contribution >= 4 is 9.84 Å². The van der Waals surface area contributed by atoms with Crippen LogP contribution in [-0.2, 0) is 16.4 Å². The van der Waals surface area contributed by atoms with Crippen LogP contribution < -0.4 is 5.32 Å². The quantitative estimate of drug-likeness (QED) is 0.915. The maximum atomic E-state index is 14.2. The topological polar surface area (TPSA) is 46.2 Å². The molecule has 0 saturated carbocycles. The smallest absolute Gasteiger partial charge is 0.150 e. The predicted molar refractivity (Wildman–Crippen MR) is 90.3 cm³/mol. The van der Waals surface area contributed by atoms with Gasteiger partial charge >= 0.3 is 0 Å². The highest BCUT2D eigenvalue weighted by atomic mass is 32.2. The Morgan fingerprint density at radius 3 is 2.52 bits per heavy atom. The molecule has 0 amide bonds. The molecule has 1 fully saturated rings. The Balaban J connectivity index is 1.59. The van der Waals surface area contributed by atoms with E-state index in [0.29, 0.717) is 25.1 Å². The molecule has 2 aromatic rings. The van der Waals surface area contributed by atoms with Crippen molar-refractivity contribution in [2.75, 3.05) is 18.1 Å². The maximum absolute atomic E-state index is 14.2. The van der Waals surface area contributed by atoms with Crippen LogP contribution in [0.5, 0.6) is 0 Å². The molecule has 1 atom stereocenters. The van der Waals surface area contributed by atoms with Gasteiger partial charge in [0.2, 0.25) is 0 Å². The average molecular weight is 333 g/mol. The molecule has 0 unspecified atom stereocenters. The number of halogens is 1. The predicted octanol–water partition coefficient (Wildman–Crippen LogP) is 3.02. The van der Waals surface area contributed by atoms with Crippen molar-refractivity contribution in [1.29, 1.82) is 0 Å². The van der Waals surface area contributed by atoms with Crippen molar-refractivity contribution in [2.45, 2.75) is 13.0 Å². The molecule has 0 spiro atoms. The highest BCUT2D eigenvalue weighted by Gasteiger charge is 2.27. The molecule has 1 N–H and O–H groups in total. The molecular formula is C18H20FNO2S. The van der Waals surface area contributed by atoms with E-state index in [2.05, 4.69) is 5.32 Å². The molecular weight excluding hydrogens is 313 g/mol. The van der Waals surface area contributed by atoms with Gasteiger partial charge in [-0.2, -0.15) is 0 Å². The molecule has 0 bridgehead atoms. The van der Waals surface area contributed by atoms with Gasteiger partial charge in [-0.05, 0) is 36.1 Å². The van der Waals surface area contributed by atoms with E-state index in [0.717, 1.165) is 11.1 Å². The highest BCUT2D eigenvalue weighted by molar-refractivity contribution is 7.91. The number of nitrogens with one attached hydrogen (secondary N) is 1. The van der Waals surface area contributed by atoms with Crippen LogP contribution in [0.4, 0.5) is 4.39 Å². The summed E-state index contributed by atoms with van der Waals surface area (Å²) >= 11 is 0. The lowest BCUT2D eigenvalue weighted by molar-refractivity contribution is 0.510. The molecule has 23 heavy (non-hydrogen) atoms. The minimum Gasteiger partial charge on any atom is -0.312 e. The second-order valence-corrected chi connectivity index (χ2v) is 8.30. The van der Waals surface area contributed by atoms with Crippen molar-refractivity contribution < 1.29 is 12.8 Å². The van der Waals surface area contributed by atoms with E-state index in [1.807, 2.05) is 36.4 Å². The zero-order valence-electron chi connectivity index (χ0n) is 12.8. The molecule has 2 aromatic carbocycles. The Bertz CT molecular complexity index is 775. The Morgan fingerprint density at radius 2 is 1.87 bits per heavy atom. The Labute approximate surface area is 136 Å². The highest BCUT2D eigenvalue weighted by Crippen LogP contribution is 2.22. The minimum absolute atomic E-state index is 0.145. The molecule has 3 nitrogen and oxygen atoms in total. The van der Waals surface area contributed by atoms with Crippen LogP contribution in [0.1, 0.15) is 12.0 Å². The van der Waals surface area contributed by atoms with Gasteiger partial charge in [0.15, 0.2) is 9.84 Å². The zero-order valence-corrected chi connectivity index (χ0v) is 13.7. The molecule has 1 heterocycles. The normalized spacial score (nSPS) is 19.8. The van der Waals surface area contributed by atoms with E-state index >= 15 is 0 Å². The van der Waals surface area contributed by atoms with Crippen LogP contribution in [0.25, 0.3) is 11.1 Å². The van der Waals surface area contributed by atoms with Crippen molar-refractivity contribution in [1.82, 2.24) is 5.32 Å². The molecule has 0 aliphatic carbocycles. The van der Waals surface area contributed by atoms with Crippen molar-refractivity contribution in [3.05, 3.63) is 59.9 Å². The van der Waals surface area contributed by atoms with Crippen LogP contribution >= 0.6 is 0 Å². The second kappa shape index (κ2) is 6.81. The maximum Gasteiger partial charge on any atom is 0.150 e. The van der Waals surface area contributed by atoms with E-state index in [9.17, 15) is 12.8 Å². The summed E-state index contributed by atoms with van der Waals surface area (Å²) in [5.41, 5.74) is 2.45. The molecule has 0 aromatic heterocycles. The fraction of sp³-hybridized carbons (Fsp3) is 0.333. The van der Waals surface area contributed by atoms with Gasteiger partial charge in [0.1, 0.15) is 5.82 Å². The SMILES string of the molecule is O=S1(=O)CC[C@H](CNCc2ccc(-c3ccccc3)cc2F)C1. The van der Waals surface area contributed by atoms with Gasteiger partial charge in [0.05, 0.1) is 11.5 Å². The number of hydrogen-bond donors (Lipinski definition) is 1. The third-order valence-electron chi connectivity index (χ3n) is 4.24. The third-order valence-corrected chi connectivity index (χ3v) is 6.07.